The number of nitrogens with one attached hydrogen (secondary N) is 2. The molecule has 0 atom stereocenters. The minimum Gasteiger partial charge on any atom is -0.497 e. The molecule has 0 radical (unpaired) electrons. The number of morpholine rings is 1. The summed E-state index contributed by atoms with van der Waals surface area (Å²) < 4.78 is 25.4. The Bertz CT molecular complexity index is 1110. The van der Waals surface area contributed by atoms with E-state index in [4.69, 9.17) is 14.9 Å². The van der Waals surface area contributed by atoms with Crippen molar-refractivity contribution in [1.82, 2.24) is 14.7 Å². The van der Waals surface area contributed by atoms with E-state index in [0.717, 1.165) is 11.1 Å². The Morgan fingerprint density at radius 1 is 1.16 bits per heavy atom. The van der Waals surface area contributed by atoms with Crippen LogP contribution in [-0.2, 0) is 17.6 Å². The third-order valence-electron chi connectivity index (χ3n) is 5.44. The van der Waals surface area contributed by atoms with Crippen molar-refractivity contribution in [2.45, 2.75) is 12.8 Å². The molecule has 1 saturated heterocycles. The van der Waals surface area contributed by atoms with E-state index in [0.29, 0.717) is 56.2 Å². The molecule has 7 nitrogen and oxygen atoms in total. The van der Waals surface area contributed by atoms with Crippen LogP contribution >= 0.6 is 0 Å². The Balaban J connectivity index is 1.70. The molecule has 1 aliphatic heterocycles. The zero-order chi connectivity index (χ0) is 21.8. The third kappa shape index (κ3) is 4.54. The van der Waals surface area contributed by atoms with E-state index < -0.39 is 0 Å². The number of hydrogen-bond acceptors (Lipinski definition) is 4. The number of aromatic amines is 1. The van der Waals surface area contributed by atoms with Crippen LogP contribution in [0.5, 0.6) is 5.75 Å². The maximum Gasteiger partial charge on any atom is 0.277 e. The van der Waals surface area contributed by atoms with Crippen molar-refractivity contribution in [3.63, 3.8) is 0 Å². The van der Waals surface area contributed by atoms with E-state index in [1.54, 1.807) is 13.2 Å². The van der Waals surface area contributed by atoms with Gasteiger partial charge in [-0.25, -0.2) is 4.39 Å². The topological polar surface area (TPSA) is 83.3 Å². The van der Waals surface area contributed by atoms with Crippen LogP contribution in [0.3, 0.4) is 0 Å². The van der Waals surface area contributed by atoms with Crippen molar-refractivity contribution >= 4 is 5.96 Å². The maximum atomic E-state index is 13.6. The summed E-state index contributed by atoms with van der Waals surface area (Å²) in [5.41, 5.74) is 2.59. The normalized spacial score (nSPS) is 13.9. The van der Waals surface area contributed by atoms with Gasteiger partial charge in [-0.05, 0) is 54.8 Å². The Labute approximate surface area is 179 Å². The van der Waals surface area contributed by atoms with Crippen molar-refractivity contribution in [2.24, 2.45) is 0 Å². The van der Waals surface area contributed by atoms with Crippen molar-refractivity contribution < 1.29 is 13.9 Å². The van der Waals surface area contributed by atoms with Gasteiger partial charge in [-0.1, -0.05) is 12.1 Å². The average molecular weight is 424 g/mol. The van der Waals surface area contributed by atoms with Gasteiger partial charge in [-0.15, -0.1) is 0 Å². The average Bonchev–Trinajstić information content (AvgIpc) is 3.14. The lowest BCUT2D eigenvalue weighted by Crippen LogP contribution is -2.46. The number of aromatic nitrogens is 2. The molecule has 31 heavy (non-hydrogen) atoms. The molecule has 4 rings (SSSR count). The van der Waals surface area contributed by atoms with Gasteiger partial charge in [-0.2, -0.15) is 4.68 Å². The van der Waals surface area contributed by atoms with Gasteiger partial charge in [0.25, 0.3) is 5.56 Å². The molecule has 0 spiro atoms. The van der Waals surface area contributed by atoms with Crippen LogP contribution in [-0.4, -0.2) is 54.1 Å². The molecule has 8 heteroatoms. The lowest BCUT2D eigenvalue weighted by molar-refractivity contribution is 0.0659. The van der Waals surface area contributed by atoms with Crippen LogP contribution in [0.1, 0.15) is 11.1 Å². The highest BCUT2D eigenvalue weighted by molar-refractivity contribution is 5.80. The van der Waals surface area contributed by atoms with Crippen LogP contribution in [0.15, 0.2) is 53.3 Å². The van der Waals surface area contributed by atoms with Gasteiger partial charge in [0.2, 0.25) is 5.96 Å². The molecule has 2 N–H and O–H groups in total. The van der Waals surface area contributed by atoms with Gasteiger partial charge in [0.1, 0.15) is 11.6 Å². The molecule has 0 amide bonds. The quantitative estimate of drug-likeness (QED) is 0.487. The highest BCUT2D eigenvalue weighted by atomic mass is 19.1. The minimum absolute atomic E-state index is 0.0973. The SMILES string of the molecule is COc1ccc(-c2[nH]n(C(=N)N3CCOCC3)c(=O)c2CCc2cccc(F)c2)cc1. The van der Waals surface area contributed by atoms with Crippen LogP contribution < -0.4 is 10.3 Å². The second-order valence-corrected chi connectivity index (χ2v) is 7.39. The minimum atomic E-state index is -0.298. The second kappa shape index (κ2) is 9.18. The lowest BCUT2D eigenvalue weighted by Gasteiger charge is -2.28. The molecule has 0 unspecified atom stereocenters. The molecule has 2 heterocycles. The van der Waals surface area contributed by atoms with E-state index in [9.17, 15) is 9.18 Å². The van der Waals surface area contributed by atoms with Gasteiger partial charge in [0.15, 0.2) is 0 Å². The molecule has 0 bridgehead atoms. The Morgan fingerprint density at radius 3 is 2.58 bits per heavy atom. The number of ether oxygens (including phenoxy) is 2. The van der Waals surface area contributed by atoms with E-state index in [-0.39, 0.29) is 17.3 Å². The van der Waals surface area contributed by atoms with Crippen LogP contribution in [0.2, 0.25) is 0 Å². The lowest BCUT2D eigenvalue weighted by atomic mass is 10.0. The number of rotatable bonds is 5. The summed E-state index contributed by atoms with van der Waals surface area (Å²) in [4.78, 5) is 15.1. The number of nitrogens with zero attached hydrogens (tertiary/aromatic N) is 2. The fraction of sp³-hybridized carbons (Fsp3) is 0.304. The Morgan fingerprint density at radius 2 is 1.90 bits per heavy atom. The first-order valence-corrected chi connectivity index (χ1v) is 10.2. The first-order valence-electron chi connectivity index (χ1n) is 10.2. The van der Waals surface area contributed by atoms with Gasteiger partial charge in [-0.3, -0.25) is 15.3 Å². The van der Waals surface area contributed by atoms with Crippen molar-refractivity contribution in [1.29, 1.82) is 5.41 Å². The first kappa shape index (κ1) is 20.9. The monoisotopic (exact) mass is 424 g/mol. The molecular formula is C23H25FN4O3. The number of H-pyrrole nitrogens is 1. The summed E-state index contributed by atoms with van der Waals surface area (Å²) in [5, 5.41) is 11.7. The predicted molar refractivity (Wildman–Crippen MR) is 116 cm³/mol. The Hall–Kier alpha value is -3.39. The zero-order valence-corrected chi connectivity index (χ0v) is 17.4. The molecule has 2 aromatic carbocycles. The van der Waals surface area contributed by atoms with Gasteiger partial charge in [0, 0.05) is 24.2 Å². The maximum absolute atomic E-state index is 13.6. The molecule has 162 valence electrons. The van der Waals surface area contributed by atoms with Crippen LogP contribution in [0.25, 0.3) is 11.3 Å². The molecular weight excluding hydrogens is 399 g/mol. The molecule has 1 aliphatic rings. The molecule has 0 saturated carbocycles. The van der Waals surface area contributed by atoms with Crippen molar-refractivity contribution in [3.05, 3.63) is 75.8 Å². The summed E-state index contributed by atoms with van der Waals surface area (Å²) in [6.07, 6.45) is 0.933. The highest BCUT2D eigenvalue weighted by Gasteiger charge is 2.22. The van der Waals surface area contributed by atoms with Crippen LogP contribution in [0.4, 0.5) is 4.39 Å². The van der Waals surface area contributed by atoms with Gasteiger partial charge >= 0.3 is 0 Å². The Kier molecular flexibility index (Phi) is 6.18. The largest absolute Gasteiger partial charge is 0.497 e. The third-order valence-corrected chi connectivity index (χ3v) is 5.44. The zero-order valence-electron chi connectivity index (χ0n) is 17.4. The van der Waals surface area contributed by atoms with Gasteiger partial charge < -0.3 is 14.4 Å². The summed E-state index contributed by atoms with van der Waals surface area (Å²) in [5.74, 6) is 0.515. The number of halogens is 1. The van der Waals surface area contributed by atoms with E-state index in [1.807, 2.05) is 35.2 Å². The summed E-state index contributed by atoms with van der Waals surface area (Å²) in [6.45, 7) is 2.16. The van der Waals surface area contributed by atoms with Crippen molar-refractivity contribution in [3.8, 4) is 17.0 Å². The van der Waals surface area contributed by atoms with Gasteiger partial charge in [0.05, 0.1) is 26.0 Å². The summed E-state index contributed by atoms with van der Waals surface area (Å²) >= 11 is 0. The van der Waals surface area contributed by atoms with E-state index >= 15 is 0 Å². The molecule has 3 aromatic rings. The number of methoxy groups -OCH3 is 1. The second-order valence-electron chi connectivity index (χ2n) is 7.39. The first-order chi connectivity index (χ1) is 15.1. The standard InChI is InChI=1S/C23H25FN4O3/c1-30-19-8-6-17(7-9-19)21-20(10-5-16-3-2-4-18(24)15-16)22(29)28(26-21)23(25)27-11-13-31-14-12-27/h2-4,6-9,15,25-26H,5,10-14H2,1H3. The predicted octanol–water partition coefficient (Wildman–Crippen LogP) is 2.89. The van der Waals surface area contributed by atoms with Crippen LogP contribution in [0, 0.1) is 11.2 Å². The summed E-state index contributed by atoms with van der Waals surface area (Å²) in [7, 11) is 1.60. The fourth-order valence-electron chi connectivity index (χ4n) is 3.73. The smallest absolute Gasteiger partial charge is 0.277 e. The molecule has 1 fully saturated rings. The highest BCUT2D eigenvalue weighted by Crippen LogP contribution is 2.24. The fourth-order valence-corrected chi connectivity index (χ4v) is 3.73. The number of benzene rings is 2. The van der Waals surface area contributed by atoms with E-state index in [1.165, 1.54) is 16.8 Å². The number of aryl methyl sites for hydroxylation is 1. The molecule has 1 aromatic heterocycles. The van der Waals surface area contributed by atoms with Crippen molar-refractivity contribution in [2.75, 3.05) is 33.4 Å². The molecule has 0 aliphatic carbocycles. The number of hydrogen-bond donors (Lipinski definition) is 2. The summed E-state index contributed by atoms with van der Waals surface area (Å²) in [6, 6.07) is 13.8. The van der Waals surface area contributed by atoms with E-state index in [2.05, 4.69) is 5.10 Å².